The number of rotatable bonds is 4. The SMILES string of the molecule is Cc1cc(Sc2ccc(C(=O)NC3CC4CCC3N4)s2)ccn1. The average Bonchev–Trinajstić information content (AvgIpc) is 3.23. The molecule has 1 amide bonds. The molecule has 2 bridgehead atoms. The average molecular weight is 345 g/mol. The minimum atomic E-state index is 0.0621. The molecule has 2 N–H and O–H groups in total. The van der Waals surface area contributed by atoms with Crippen LogP contribution in [0.2, 0.25) is 0 Å². The molecule has 4 nitrogen and oxygen atoms in total. The number of thiophene rings is 1. The van der Waals surface area contributed by atoms with Gasteiger partial charge in [0, 0.05) is 34.9 Å². The molecular weight excluding hydrogens is 326 g/mol. The zero-order valence-electron chi connectivity index (χ0n) is 12.9. The van der Waals surface area contributed by atoms with Crippen LogP contribution in [0.3, 0.4) is 0 Å². The highest BCUT2D eigenvalue weighted by molar-refractivity contribution is 8.01. The Bertz CT molecular complexity index is 730. The Balaban J connectivity index is 1.40. The number of hydrogen-bond acceptors (Lipinski definition) is 5. The van der Waals surface area contributed by atoms with E-state index in [4.69, 9.17) is 0 Å². The fourth-order valence-electron chi connectivity index (χ4n) is 3.42. The van der Waals surface area contributed by atoms with Crippen molar-refractivity contribution >= 4 is 29.0 Å². The van der Waals surface area contributed by atoms with Crippen molar-refractivity contribution in [1.29, 1.82) is 0 Å². The van der Waals surface area contributed by atoms with Crippen molar-refractivity contribution in [2.45, 2.75) is 53.4 Å². The first kappa shape index (κ1) is 15.2. The van der Waals surface area contributed by atoms with Crippen LogP contribution < -0.4 is 10.6 Å². The summed E-state index contributed by atoms with van der Waals surface area (Å²) in [5, 5.41) is 6.76. The summed E-state index contributed by atoms with van der Waals surface area (Å²) in [6.07, 6.45) is 5.32. The van der Waals surface area contributed by atoms with E-state index in [1.807, 2.05) is 31.3 Å². The quantitative estimate of drug-likeness (QED) is 0.893. The van der Waals surface area contributed by atoms with Gasteiger partial charge in [-0.2, -0.15) is 0 Å². The Kier molecular flexibility index (Phi) is 4.13. The minimum Gasteiger partial charge on any atom is -0.347 e. The van der Waals surface area contributed by atoms with Crippen molar-refractivity contribution < 1.29 is 4.79 Å². The summed E-state index contributed by atoms with van der Waals surface area (Å²) < 4.78 is 1.13. The maximum Gasteiger partial charge on any atom is 0.261 e. The Labute approximate surface area is 144 Å². The molecule has 2 aliphatic heterocycles. The highest BCUT2D eigenvalue weighted by Gasteiger charge is 2.39. The molecule has 4 heterocycles. The van der Waals surface area contributed by atoms with E-state index in [1.54, 1.807) is 23.1 Å². The summed E-state index contributed by atoms with van der Waals surface area (Å²) in [6, 6.07) is 9.38. The van der Waals surface area contributed by atoms with E-state index in [2.05, 4.69) is 21.7 Å². The molecule has 3 unspecified atom stereocenters. The van der Waals surface area contributed by atoms with Crippen LogP contribution >= 0.6 is 23.1 Å². The van der Waals surface area contributed by atoms with Crippen molar-refractivity contribution in [2.75, 3.05) is 0 Å². The standard InChI is InChI=1S/C17H19N3OS2/c1-10-8-12(6-7-18-10)22-16-5-4-15(23-16)17(21)20-14-9-11-2-3-13(14)19-11/h4-8,11,13-14,19H,2-3,9H2,1H3,(H,20,21). The Hall–Kier alpha value is -1.37. The lowest BCUT2D eigenvalue weighted by Crippen LogP contribution is -2.42. The van der Waals surface area contributed by atoms with Gasteiger partial charge >= 0.3 is 0 Å². The molecule has 2 aromatic heterocycles. The summed E-state index contributed by atoms with van der Waals surface area (Å²) in [5.74, 6) is 0.0621. The van der Waals surface area contributed by atoms with Gasteiger partial charge in [0.05, 0.1) is 9.09 Å². The van der Waals surface area contributed by atoms with Crippen LogP contribution in [0.15, 0.2) is 39.6 Å². The van der Waals surface area contributed by atoms with Gasteiger partial charge < -0.3 is 10.6 Å². The lowest BCUT2D eigenvalue weighted by atomic mass is 9.95. The second-order valence-electron chi connectivity index (χ2n) is 6.22. The van der Waals surface area contributed by atoms with E-state index in [-0.39, 0.29) is 5.91 Å². The summed E-state index contributed by atoms with van der Waals surface area (Å²) in [7, 11) is 0. The molecule has 0 aliphatic carbocycles. The van der Waals surface area contributed by atoms with Gasteiger partial charge in [0.25, 0.3) is 5.91 Å². The second kappa shape index (κ2) is 6.26. The predicted molar refractivity (Wildman–Crippen MR) is 93.2 cm³/mol. The van der Waals surface area contributed by atoms with Crippen LogP contribution in [0, 0.1) is 6.92 Å². The van der Waals surface area contributed by atoms with Gasteiger partial charge in [0.2, 0.25) is 0 Å². The molecule has 2 aliphatic rings. The van der Waals surface area contributed by atoms with Crippen LogP contribution in [0.1, 0.15) is 34.6 Å². The lowest BCUT2D eigenvalue weighted by Gasteiger charge is -2.20. The van der Waals surface area contributed by atoms with Gasteiger partial charge in [-0.15, -0.1) is 11.3 Å². The summed E-state index contributed by atoms with van der Waals surface area (Å²) in [5.41, 5.74) is 1.01. The smallest absolute Gasteiger partial charge is 0.261 e. The molecule has 6 heteroatoms. The summed E-state index contributed by atoms with van der Waals surface area (Å²) in [6.45, 7) is 1.99. The molecule has 2 saturated heterocycles. The lowest BCUT2D eigenvalue weighted by molar-refractivity contribution is 0.0935. The van der Waals surface area contributed by atoms with Gasteiger partial charge in [-0.05, 0) is 50.5 Å². The summed E-state index contributed by atoms with van der Waals surface area (Å²) >= 11 is 3.24. The molecule has 2 fully saturated rings. The number of fused-ring (bicyclic) bond motifs is 2. The highest BCUT2D eigenvalue weighted by atomic mass is 32.2. The van der Waals surface area contributed by atoms with Crippen molar-refractivity contribution in [2.24, 2.45) is 0 Å². The first-order chi connectivity index (χ1) is 11.2. The Morgan fingerprint density at radius 1 is 1.39 bits per heavy atom. The molecule has 0 saturated carbocycles. The van der Waals surface area contributed by atoms with E-state index in [0.717, 1.165) is 26.1 Å². The van der Waals surface area contributed by atoms with E-state index in [9.17, 15) is 4.79 Å². The number of nitrogens with zero attached hydrogens (tertiary/aromatic N) is 1. The number of nitrogens with one attached hydrogen (secondary N) is 2. The largest absolute Gasteiger partial charge is 0.347 e. The molecule has 23 heavy (non-hydrogen) atoms. The topological polar surface area (TPSA) is 54.0 Å². The van der Waals surface area contributed by atoms with Gasteiger partial charge in [-0.25, -0.2) is 0 Å². The first-order valence-corrected chi connectivity index (χ1v) is 9.58. The molecule has 0 radical (unpaired) electrons. The van der Waals surface area contributed by atoms with E-state index in [1.165, 1.54) is 12.8 Å². The fraction of sp³-hybridized carbons (Fsp3) is 0.412. The van der Waals surface area contributed by atoms with E-state index >= 15 is 0 Å². The highest BCUT2D eigenvalue weighted by Crippen LogP contribution is 2.34. The first-order valence-electron chi connectivity index (χ1n) is 7.94. The predicted octanol–water partition coefficient (Wildman–Crippen LogP) is 3.23. The zero-order valence-corrected chi connectivity index (χ0v) is 14.5. The number of hydrogen-bond donors (Lipinski definition) is 2. The number of aryl methyl sites for hydroxylation is 1. The van der Waals surface area contributed by atoms with Crippen LogP contribution in [0.25, 0.3) is 0 Å². The third kappa shape index (κ3) is 3.29. The van der Waals surface area contributed by atoms with Gasteiger partial charge in [0.1, 0.15) is 0 Å². The number of aromatic nitrogens is 1. The van der Waals surface area contributed by atoms with Crippen molar-refractivity contribution in [3.63, 3.8) is 0 Å². The van der Waals surface area contributed by atoms with Crippen LogP contribution in [-0.4, -0.2) is 29.0 Å². The molecule has 4 rings (SSSR count). The molecular formula is C17H19N3OS2. The van der Waals surface area contributed by atoms with Gasteiger partial charge in [0.15, 0.2) is 0 Å². The Morgan fingerprint density at radius 2 is 2.30 bits per heavy atom. The number of carbonyl (C=O) groups excluding carboxylic acids is 1. The summed E-state index contributed by atoms with van der Waals surface area (Å²) in [4.78, 5) is 18.6. The third-order valence-electron chi connectivity index (χ3n) is 4.51. The van der Waals surface area contributed by atoms with Gasteiger partial charge in [-0.1, -0.05) is 11.8 Å². The number of amides is 1. The van der Waals surface area contributed by atoms with Crippen LogP contribution in [0.4, 0.5) is 0 Å². The monoisotopic (exact) mass is 345 g/mol. The molecule has 2 aromatic rings. The maximum absolute atomic E-state index is 12.4. The van der Waals surface area contributed by atoms with Crippen LogP contribution in [0.5, 0.6) is 0 Å². The third-order valence-corrected chi connectivity index (χ3v) is 6.71. The Morgan fingerprint density at radius 3 is 3.04 bits per heavy atom. The van der Waals surface area contributed by atoms with Gasteiger partial charge in [-0.3, -0.25) is 9.78 Å². The normalized spacial score (nSPS) is 25.7. The number of carbonyl (C=O) groups is 1. The second-order valence-corrected chi connectivity index (χ2v) is 8.67. The van der Waals surface area contributed by atoms with E-state index < -0.39 is 0 Å². The maximum atomic E-state index is 12.4. The molecule has 0 spiro atoms. The van der Waals surface area contributed by atoms with Crippen molar-refractivity contribution in [3.8, 4) is 0 Å². The molecule has 0 aromatic carbocycles. The van der Waals surface area contributed by atoms with Crippen molar-refractivity contribution in [3.05, 3.63) is 41.0 Å². The van der Waals surface area contributed by atoms with Crippen molar-refractivity contribution in [1.82, 2.24) is 15.6 Å². The zero-order chi connectivity index (χ0) is 15.8. The molecule has 3 atom stereocenters. The molecule has 120 valence electrons. The van der Waals surface area contributed by atoms with Crippen LogP contribution in [-0.2, 0) is 0 Å². The number of pyridine rings is 1. The van der Waals surface area contributed by atoms with E-state index in [0.29, 0.717) is 18.1 Å². The fourth-order valence-corrected chi connectivity index (χ4v) is 5.51. The minimum absolute atomic E-state index is 0.0621.